The first-order valence-corrected chi connectivity index (χ1v) is 10.7. The van der Waals surface area contributed by atoms with E-state index in [1.807, 2.05) is 13.1 Å². The van der Waals surface area contributed by atoms with Crippen LogP contribution in [0.25, 0.3) is 0 Å². The SMILES string of the molecule is Cc1ncc(CN2CCC3(CC2)CCN(C(=O)C2CCCC2)CC3CO)[nH]1. The predicted molar refractivity (Wildman–Crippen MR) is 104 cm³/mol. The summed E-state index contributed by atoms with van der Waals surface area (Å²) >= 11 is 0. The Morgan fingerprint density at radius 3 is 2.59 bits per heavy atom. The summed E-state index contributed by atoms with van der Waals surface area (Å²) in [4.78, 5) is 25.0. The van der Waals surface area contributed by atoms with E-state index in [0.29, 0.717) is 5.91 Å². The van der Waals surface area contributed by atoms with Crippen molar-refractivity contribution >= 4 is 5.91 Å². The van der Waals surface area contributed by atoms with Gasteiger partial charge in [-0.1, -0.05) is 12.8 Å². The molecule has 4 rings (SSSR count). The number of aliphatic hydroxyl groups is 1. The second-order valence-electron chi connectivity index (χ2n) is 9.03. The minimum Gasteiger partial charge on any atom is -0.396 e. The number of carbonyl (C=O) groups excluding carboxylic acids is 1. The molecule has 2 N–H and O–H groups in total. The highest BCUT2D eigenvalue weighted by atomic mass is 16.3. The van der Waals surface area contributed by atoms with Crippen LogP contribution in [0.1, 0.15) is 56.5 Å². The van der Waals surface area contributed by atoms with Crippen LogP contribution < -0.4 is 0 Å². The number of nitrogens with zero attached hydrogens (tertiary/aromatic N) is 3. The van der Waals surface area contributed by atoms with E-state index < -0.39 is 0 Å². The minimum absolute atomic E-state index is 0.203. The van der Waals surface area contributed by atoms with Gasteiger partial charge >= 0.3 is 0 Å². The quantitative estimate of drug-likeness (QED) is 0.848. The van der Waals surface area contributed by atoms with E-state index >= 15 is 0 Å². The van der Waals surface area contributed by atoms with Gasteiger partial charge in [0, 0.05) is 50.0 Å². The van der Waals surface area contributed by atoms with Crippen LogP contribution in [-0.4, -0.2) is 63.6 Å². The van der Waals surface area contributed by atoms with E-state index in [9.17, 15) is 9.90 Å². The highest BCUT2D eigenvalue weighted by molar-refractivity contribution is 5.79. The van der Waals surface area contributed by atoms with Crippen LogP contribution in [0, 0.1) is 24.2 Å². The van der Waals surface area contributed by atoms with Crippen molar-refractivity contribution in [1.82, 2.24) is 19.8 Å². The normalized spacial score (nSPS) is 26.7. The van der Waals surface area contributed by atoms with Crippen molar-refractivity contribution in [1.29, 1.82) is 0 Å². The van der Waals surface area contributed by atoms with Crippen LogP contribution in [0.5, 0.6) is 0 Å². The molecule has 6 heteroatoms. The van der Waals surface area contributed by atoms with E-state index in [4.69, 9.17) is 0 Å². The predicted octanol–water partition coefficient (Wildman–Crippen LogP) is 2.33. The number of imidazole rings is 1. The second-order valence-corrected chi connectivity index (χ2v) is 9.03. The summed E-state index contributed by atoms with van der Waals surface area (Å²) in [5.41, 5.74) is 1.39. The number of hydrogen-bond donors (Lipinski definition) is 2. The third kappa shape index (κ3) is 3.92. The van der Waals surface area contributed by atoms with Crippen molar-refractivity contribution in [2.45, 2.75) is 58.4 Å². The Balaban J connectivity index is 1.34. The molecule has 0 aromatic carbocycles. The lowest BCUT2D eigenvalue weighted by molar-refractivity contribution is -0.142. The van der Waals surface area contributed by atoms with Gasteiger partial charge in [-0.15, -0.1) is 0 Å². The van der Waals surface area contributed by atoms with Gasteiger partial charge in [-0.25, -0.2) is 4.98 Å². The van der Waals surface area contributed by atoms with E-state index in [2.05, 4.69) is 19.8 Å². The number of aromatic amines is 1. The number of nitrogens with one attached hydrogen (secondary N) is 1. The zero-order valence-corrected chi connectivity index (χ0v) is 16.6. The lowest BCUT2D eigenvalue weighted by Crippen LogP contribution is -2.55. The fraction of sp³-hybridized carbons (Fsp3) is 0.810. The first kappa shape index (κ1) is 18.9. The van der Waals surface area contributed by atoms with Crippen molar-refractivity contribution < 1.29 is 9.90 Å². The highest BCUT2D eigenvalue weighted by Crippen LogP contribution is 2.45. The van der Waals surface area contributed by atoms with Crippen molar-refractivity contribution in [3.63, 3.8) is 0 Å². The van der Waals surface area contributed by atoms with Crippen LogP contribution in [0.4, 0.5) is 0 Å². The molecular formula is C21H34N4O2. The maximum absolute atomic E-state index is 12.8. The number of aryl methyl sites for hydroxylation is 1. The fourth-order valence-corrected chi connectivity index (χ4v) is 5.60. The maximum Gasteiger partial charge on any atom is 0.225 e. The van der Waals surface area contributed by atoms with Crippen molar-refractivity contribution in [3.05, 3.63) is 17.7 Å². The molecule has 1 aromatic rings. The summed E-state index contributed by atoms with van der Waals surface area (Å²) in [5, 5.41) is 10.1. The molecule has 1 spiro atoms. The lowest BCUT2D eigenvalue weighted by Gasteiger charge is -2.51. The Morgan fingerprint density at radius 2 is 1.96 bits per heavy atom. The molecule has 27 heavy (non-hydrogen) atoms. The molecule has 1 unspecified atom stereocenters. The third-order valence-electron chi connectivity index (χ3n) is 7.42. The number of rotatable bonds is 4. The Labute approximate surface area is 162 Å². The molecule has 6 nitrogen and oxygen atoms in total. The van der Waals surface area contributed by atoms with Gasteiger partial charge in [0.25, 0.3) is 0 Å². The topological polar surface area (TPSA) is 72.5 Å². The van der Waals surface area contributed by atoms with Crippen LogP contribution >= 0.6 is 0 Å². The van der Waals surface area contributed by atoms with E-state index in [0.717, 1.165) is 70.7 Å². The monoisotopic (exact) mass is 374 g/mol. The number of aromatic nitrogens is 2. The highest BCUT2D eigenvalue weighted by Gasteiger charge is 2.46. The lowest BCUT2D eigenvalue weighted by atomic mass is 9.64. The number of H-pyrrole nitrogens is 1. The number of piperidine rings is 2. The number of amides is 1. The summed E-state index contributed by atoms with van der Waals surface area (Å²) in [5.74, 6) is 1.80. The zero-order valence-electron chi connectivity index (χ0n) is 16.6. The number of hydrogen-bond acceptors (Lipinski definition) is 4. The van der Waals surface area contributed by atoms with Gasteiger partial charge in [0.05, 0.1) is 0 Å². The molecular weight excluding hydrogens is 340 g/mol. The molecule has 1 saturated carbocycles. The van der Waals surface area contributed by atoms with Crippen LogP contribution in [-0.2, 0) is 11.3 Å². The summed E-state index contributed by atoms with van der Waals surface area (Å²) in [6, 6.07) is 0. The van der Waals surface area contributed by atoms with E-state index in [-0.39, 0.29) is 23.9 Å². The molecule has 1 aliphatic carbocycles. The Morgan fingerprint density at radius 1 is 1.26 bits per heavy atom. The number of carbonyl (C=O) groups is 1. The van der Waals surface area contributed by atoms with Crippen LogP contribution in [0.15, 0.2) is 6.20 Å². The molecule has 3 aliphatic rings. The second kappa shape index (κ2) is 7.92. The van der Waals surface area contributed by atoms with Gasteiger partial charge in [-0.05, 0) is 57.5 Å². The minimum atomic E-state index is 0.203. The molecule has 1 atom stereocenters. The zero-order chi connectivity index (χ0) is 18.9. The van der Waals surface area contributed by atoms with Gasteiger partial charge in [0.15, 0.2) is 0 Å². The van der Waals surface area contributed by atoms with Crippen molar-refractivity contribution in [3.8, 4) is 0 Å². The van der Waals surface area contributed by atoms with Crippen LogP contribution in [0.2, 0.25) is 0 Å². The van der Waals surface area contributed by atoms with Crippen molar-refractivity contribution in [2.24, 2.45) is 17.3 Å². The Kier molecular flexibility index (Phi) is 5.55. The van der Waals surface area contributed by atoms with Gasteiger partial charge < -0.3 is 15.0 Å². The molecule has 150 valence electrons. The first-order valence-electron chi connectivity index (χ1n) is 10.7. The van der Waals surface area contributed by atoms with Crippen molar-refractivity contribution in [2.75, 3.05) is 32.8 Å². The standard InChI is InChI=1S/C21H34N4O2/c1-16-22-12-19(23-16)14-24-9-6-21(7-10-24)8-11-25(13-18(21)15-26)20(27)17-4-2-3-5-17/h12,17-18,26H,2-11,13-15H2,1H3,(H,22,23). The van der Waals surface area contributed by atoms with Crippen LogP contribution in [0.3, 0.4) is 0 Å². The number of likely N-dealkylation sites (tertiary alicyclic amines) is 2. The van der Waals surface area contributed by atoms with Gasteiger partial charge in [0.1, 0.15) is 5.82 Å². The smallest absolute Gasteiger partial charge is 0.225 e. The molecule has 3 fully saturated rings. The Hall–Kier alpha value is -1.40. The summed E-state index contributed by atoms with van der Waals surface area (Å²) < 4.78 is 0. The molecule has 2 saturated heterocycles. The number of aliphatic hydroxyl groups excluding tert-OH is 1. The van der Waals surface area contributed by atoms with E-state index in [1.54, 1.807) is 0 Å². The molecule has 0 bridgehead atoms. The van der Waals surface area contributed by atoms with Gasteiger partial charge in [-0.2, -0.15) is 0 Å². The summed E-state index contributed by atoms with van der Waals surface area (Å²) in [6.45, 7) is 6.87. The third-order valence-corrected chi connectivity index (χ3v) is 7.42. The van der Waals surface area contributed by atoms with Gasteiger partial charge in [-0.3, -0.25) is 9.69 Å². The molecule has 2 aliphatic heterocycles. The van der Waals surface area contributed by atoms with Gasteiger partial charge in [0.2, 0.25) is 5.91 Å². The van der Waals surface area contributed by atoms with E-state index in [1.165, 1.54) is 18.5 Å². The molecule has 1 aromatic heterocycles. The fourth-order valence-electron chi connectivity index (χ4n) is 5.60. The average Bonchev–Trinajstić information content (AvgIpc) is 3.35. The first-order chi connectivity index (χ1) is 13.1. The summed E-state index contributed by atoms with van der Waals surface area (Å²) in [6.07, 6.45) is 9.75. The average molecular weight is 375 g/mol. The summed E-state index contributed by atoms with van der Waals surface area (Å²) in [7, 11) is 0. The largest absolute Gasteiger partial charge is 0.396 e. The molecule has 1 amide bonds. The maximum atomic E-state index is 12.8. The molecule has 3 heterocycles. The molecule has 0 radical (unpaired) electrons. The Bertz CT molecular complexity index is 644.